The highest BCUT2D eigenvalue weighted by Crippen LogP contribution is 2.12. The number of hydrogen-bond acceptors (Lipinski definition) is 3. The largest absolute Gasteiger partial charge is 0.478 e. The molecule has 2 rings (SSSR count). The van der Waals surface area contributed by atoms with Crippen molar-refractivity contribution in [3.05, 3.63) is 71.3 Å². The van der Waals surface area contributed by atoms with Crippen molar-refractivity contribution in [1.29, 1.82) is 0 Å². The number of hydrogen-bond donors (Lipinski definition) is 1. The third-order valence-corrected chi connectivity index (χ3v) is 3.69. The molecule has 0 spiro atoms. The Morgan fingerprint density at radius 1 is 0.913 bits per heavy atom. The third-order valence-electron chi connectivity index (χ3n) is 3.69. The van der Waals surface area contributed by atoms with Crippen LogP contribution in [0.3, 0.4) is 0 Å². The summed E-state index contributed by atoms with van der Waals surface area (Å²) >= 11 is 0. The van der Waals surface area contributed by atoms with E-state index >= 15 is 0 Å². The van der Waals surface area contributed by atoms with Crippen LogP contribution in [0.2, 0.25) is 0 Å². The van der Waals surface area contributed by atoms with Crippen molar-refractivity contribution in [1.82, 2.24) is 9.80 Å². The summed E-state index contributed by atoms with van der Waals surface area (Å²) in [5, 5.41) is 9.13. The van der Waals surface area contributed by atoms with Crippen LogP contribution in [0.15, 0.2) is 54.6 Å². The highest BCUT2D eigenvalue weighted by Gasteiger charge is 2.10. The van der Waals surface area contributed by atoms with Gasteiger partial charge in [-0.1, -0.05) is 42.5 Å². The summed E-state index contributed by atoms with van der Waals surface area (Å²) in [5.41, 5.74) is 2.63. The van der Waals surface area contributed by atoms with E-state index in [-0.39, 0.29) is 0 Å². The van der Waals surface area contributed by atoms with Crippen molar-refractivity contribution in [2.75, 3.05) is 27.2 Å². The van der Waals surface area contributed by atoms with Crippen LogP contribution < -0.4 is 0 Å². The van der Waals surface area contributed by atoms with E-state index < -0.39 is 5.97 Å². The van der Waals surface area contributed by atoms with E-state index in [0.29, 0.717) is 5.56 Å². The second kappa shape index (κ2) is 8.46. The summed E-state index contributed by atoms with van der Waals surface area (Å²) in [6.45, 7) is 3.49. The fraction of sp³-hybridized carbons (Fsp3) is 0.316. The SMILES string of the molecule is CN(C)CCN(Cc1ccccc1)Cc1cccc(C(=O)O)c1. The molecule has 0 saturated heterocycles. The quantitative estimate of drug-likeness (QED) is 0.814. The van der Waals surface area contributed by atoms with E-state index in [2.05, 4.69) is 36.0 Å². The molecule has 0 amide bonds. The monoisotopic (exact) mass is 312 g/mol. The molecule has 2 aromatic carbocycles. The van der Waals surface area contributed by atoms with Crippen LogP contribution in [0.25, 0.3) is 0 Å². The number of carbonyl (C=O) groups is 1. The maximum absolute atomic E-state index is 11.1. The third kappa shape index (κ3) is 5.85. The van der Waals surface area contributed by atoms with Crippen LogP contribution in [0.5, 0.6) is 0 Å². The molecule has 4 heteroatoms. The van der Waals surface area contributed by atoms with Crippen molar-refractivity contribution in [3.63, 3.8) is 0 Å². The van der Waals surface area contributed by atoms with Gasteiger partial charge in [-0.3, -0.25) is 4.90 Å². The zero-order chi connectivity index (χ0) is 16.7. The number of carboxylic acids is 1. The predicted octanol–water partition coefficient (Wildman–Crippen LogP) is 2.95. The summed E-state index contributed by atoms with van der Waals surface area (Å²) in [4.78, 5) is 15.6. The minimum Gasteiger partial charge on any atom is -0.478 e. The van der Waals surface area contributed by atoms with E-state index in [1.54, 1.807) is 12.1 Å². The number of rotatable bonds is 8. The second-order valence-electron chi connectivity index (χ2n) is 6.01. The van der Waals surface area contributed by atoms with Gasteiger partial charge in [0.1, 0.15) is 0 Å². The minimum absolute atomic E-state index is 0.342. The first-order valence-electron chi connectivity index (χ1n) is 7.78. The summed E-state index contributed by atoms with van der Waals surface area (Å²) in [6, 6.07) is 17.5. The first-order chi connectivity index (χ1) is 11.0. The molecule has 0 heterocycles. The molecule has 23 heavy (non-hydrogen) atoms. The highest BCUT2D eigenvalue weighted by atomic mass is 16.4. The summed E-state index contributed by atoms with van der Waals surface area (Å²) in [5.74, 6) is -0.880. The van der Waals surface area contributed by atoms with Gasteiger partial charge in [-0.05, 0) is 37.4 Å². The lowest BCUT2D eigenvalue weighted by atomic mass is 10.1. The molecule has 0 atom stereocenters. The molecule has 0 aliphatic rings. The molecule has 2 aromatic rings. The minimum atomic E-state index is -0.880. The Kier molecular flexibility index (Phi) is 6.32. The Bertz CT molecular complexity index is 626. The van der Waals surface area contributed by atoms with Gasteiger partial charge in [0.05, 0.1) is 5.56 Å². The first kappa shape index (κ1) is 17.2. The van der Waals surface area contributed by atoms with Gasteiger partial charge < -0.3 is 10.0 Å². The lowest BCUT2D eigenvalue weighted by Gasteiger charge is -2.24. The van der Waals surface area contributed by atoms with Gasteiger partial charge in [0.2, 0.25) is 0 Å². The summed E-state index contributed by atoms with van der Waals surface area (Å²) in [6.07, 6.45) is 0. The van der Waals surface area contributed by atoms with Crippen molar-refractivity contribution >= 4 is 5.97 Å². The van der Waals surface area contributed by atoms with Gasteiger partial charge >= 0.3 is 5.97 Å². The standard InChI is InChI=1S/C19H24N2O2/c1-20(2)11-12-21(14-16-7-4-3-5-8-16)15-17-9-6-10-18(13-17)19(22)23/h3-10,13H,11-12,14-15H2,1-2H3,(H,22,23). The van der Waals surface area contributed by atoms with Crippen molar-refractivity contribution in [2.45, 2.75) is 13.1 Å². The molecule has 0 radical (unpaired) electrons. The van der Waals surface area contributed by atoms with Crippen LogP contribution >= 0.6 is 0 Å². The summed E-state index contributed by atoms with van der Waals surface area (Å²) in [7, 11) is 4.12. The topological polar surface area (TPSA) is 43.8 Å². The van der Waals surface area contributed by atoms with Gasteiger partial charge in [-0.25, -0.2) is 4.79 Å². The highest BCUT2D eigenvalue weighted by molar-refractivity contribution is 5.87. The van der Waals surface area contributed by atoms with Gasteiger partial charge in [0, 0.05) is 26.2 Å². The number of aromatic carboxylic acids is 1. The average Bonchev–Trinajstić information content (AvgIpc) is 2.54. The maximum Gasteiger partial charge on any atom is 0.335 e. The normalized spacial score (nSPS) is 11.1. The first-order valence-corrected chi connectivity index (χ1v) is 7.78. The average molecular weight is 312 g/mol. The van der Waals surface area contributed by atoms with Crippen LogP contribution in [0, 0.1) is 0 Å². The lowest BCUT2D eigenvalue weighted by molar-refractivity contribution is 0.0696. The Morgan fingerprint density at radius 3 is 2.22 bits per heavy atom. The van der Waals surface area contributed by atoms with Gasteiger partial charge in [0.25, 0.3) is 0 Å². The van der Waals surface area contributed by atoms with Crippen molar-refractivity contribution in [3.8, 4) is 0 Å². The van der Waals surface area contributed by atoms with E-state index in [9.17, 15) is 4.79 Å². The molecule has 122 valence electrons. The smallest absolute Gasteiger partial charge is 0.335 e. The number of carboxylic acid groups (broad SMARTS) is 1. The van der Waals surface area contributed by atoms with Gasteiger partial charge in [-0.2, -0.15) is 0 Å². The van der Waals surface area contributed by atoms with E-state index in [1.165, 1.54) is 5.56 Å². The molecular formula is C19H24N2O2. The molecule has 0 bridgehead atoms. The van der Waals surface area contributed by atoms with Gasteiger partial charge in [0.15, 0.2) is 0 Å². The van der Waals surface area contributed by atoms with E-state index in [1.807, 2.05) is 30.3 Å². The molecule has 0 saturated carbocycles. The molecular weight excluding hydrogens is 288 g/mol. The number of benzene rings is 2. The van der Waals surface area contributed by atoms with Gasteiger partial charge in [-0.15, -0.1) is 0 Å². The fourth-order valence-corrected chi connectivity index (χ4v) is 2.46. The molecule has 0 aliphatic carbocycles. The van der Waals surface area contributed by atoms with E-state index in [0.717, 1.165) is 31.7 Å². The summed E-state index contributed by atoms with van der Waals surface area (Å²) < 4.78 is 0. The van der Waals surface area contributed by atoms with Crippen molar-refractivity contribution in [2.24, 2.45) is 0 Å². The maximum atomic E-state index is 11.1. The molecule has 0 unspecified atom stereocenters. The van der Waals surface area contributed by atoms with Crippen LogP contribution in [0.1, 0.15) is 21.5 Å². The van der Waals surface area contributed by atoms with E-state index in [4.69, 9.17) is 5.11 Å². The molecule has 0 fully saturated rings. The Morgan fingerprint density at radius 2 is 1.57 bits per heavy atom. The fourth-order valence-electron chi connectivity index (χ4n) is 2.46. The van der Waals surface area contributed by atoms with Crippen molar-refractivity contribution < 1.29 is 9.90 Å². The molecule has 0 aliphatic heterocycles. The number of nitrogens with zero attached hydrogens (tertiary/aromatic N) is 2. The number of likely N-dealkylation sites (N-methyl/N-ethyl adjacent to an activating group) is 1. The predicted molar refractivity (Wildman–Crippen MR) is 92.5 cm³/mol. The molecule has 0 aromatic heterocycles. The molecule has 1 N–H and O–H groups in total. The Balaban J connectivity index is 2.10. The lowest BCUT2D eigenvalue weighted by Crippen LogP contribution is -2.31. The Hall–Kier alpha value is -2.17. The zero-order valence-corrected chi connectivity index (χ0v) is 13.8. The Labute approximate surface area is 138 Å². The van der Waals surface area contributed by atoms with Crippen LogP contribution in [-0.4, -0.2) is 48.1 Å². The van der Waals surface area contributed by atoms with Crippen LogP contribution in [0.4, 0.5) is 0 Å². The molecule has 4 nitrogen and oxygen atoms in total. The van der Waals surface area contributed by atoms with Crippen LogP contribution in [-0.2, 0) is 13.1 Å². The second-order valence-corrected chi connectivity index (χ2v) is 6.01. The zero-order valence-electron chi connectivity index (χ0n) is 13.8.